The highest BCUT2D eigenvalue weighted by molar-refractivity contribution is 6.11. The molecule has 5 nitrogen and oxygen atoms in total. The molecule has 128 valence electrons. The minimum atomic E-state index is -0.804. The van der Waals surface area contributed by atoms with Gasteiger partial charge in [0.25, 0.3) is 5.91 Å². The molecule has 0 unspecified atom stereocenters. The van der Waals surface area contributed by atoms with Crippen LogP contribution in [0.5, 0.6) is 0 Å². The van der Waals surface area contributed by atoms with E-state index in [-0.39, 0.29) is 24.2 Å². The highest BCUT2D eigenvalue weighted by Gasteiger charge is 2.55. The lowest BCUT2D eigenvalue weighted by molar-refractivity contribution is -0.133. The third-order valence-electron chi connectivity index (χ3n) is 5.49. The molecule has 1 saturated heterocycles. The van der Waals surface area contributed by atoms with Crippen LogP contribution in [0.4, 0.5) is 4.79 Å². The minimum absolute atomic E-state index is 0.103. The summed E-state index contributed by atoms with van der Waals surface area (Å²) in [6, 6.07) is 6.90. The number of aryl methyl sites for hydroxylation is 1. The summed E-state index contributed by atoms with van der Waals surface area (Å²) in [5, 5.41) is 2.88. The summed E-state index contributed by atoms with van der Waals surface area (Å²) in [4.78, 5) is 38.7. The summed E-state index contributed by atoms with van der Waals surface area (Å²) in [7, 11) is 0. The van der Waals surface area contributed by atoms with Crippen LogP contribution < -0.4 is 5.32 Å². The van der Waals surface area contributed by atoms with E-state index in [9.17, 15) is 14.4 Å². The Bertz CT molecular complexity index is 668. The molecule has 0 aromatic heterocycles. The van der Waals surface area contributed by atoms with Gasteiger partial charge in [0.1, 0.15) is 5.54 Å². The topological polar surface area (TPSA) is 66.5 Å². The zero-order chi connectivity index (χ0) is 17.3. The molecule has 1 aromatic carbocycles. The smallest absolute Gasteiger partial charge is 0.323 e. The molecule has 0 bridgehead atoms. The van der Waals surface area contributed by atoms with Gasteiger partial charge in [-0.1, -0.05) is 51.0 Å². The Kier molecular flexibility index (Phi) is 4.43. The molecule has 5 heteroatoms. The Labute approximate surface area is 142 Å². The van der Waals surface area contributed by atoms with Crippen LogP contribution in [0.3, 0.4) is 0 Å². The maximum absolute atomic E-state index is 12.9. The zero-order valence-corrected chi connectivity index (χ0v) is 14.3. The van der Waals surface area contributed by atoms with Gasteiger partial charge in [0.05, 0.1) is 6.54 Å². The van der Waals surface area contributed by atoms with Crippen molar-refractivity contribution in [2.24, 2.45) is 5.92 Å². The van der Waals surface area contributed by atoms with Crippen molar-refractivity contribution in [2.45, 2.75) is 51.5 Å². The molecule has 2 aliphatic rings. The molecule has 1 aromatic rings. The van der Waals surface area contributed by atoms with Crippen LogP contribution in [0, 0.1) is 5.92 Å². The van der Waals surface area contributed by atoms with Crippen molar-refractivity contribution in [1.29, 1.82) is 0 Å². The lowest BCUT2D eigenvalue weighted by atomic mass is 9.73. The van der Waals surface area contributed by atoms with Crippen LogP contribution in [0.1, 0.15) is 55.5 Å². The van der Waals surface area contributed by atoms with E-state index in [4.69, 9.17) is 0 Å². The molecule has 1 saturated carbocycles. The Hall–Kier alpha value is -2.17. The van der Waals surface area contributed by atoms with Gasteiger partial charge >= 0.3 is 6.03 Å². The van der Waals surface area contributed by atoms with Gasteiger partial charge in [-0.2, -0.15) is 0 Å². The normalized spacial score (nSPS) is 26.8. The van der Waals surface area contributed by atoms with Crippen molar-refractivity contribution in [3.8, 4) is 0 Å². The summed E-state index contributed by atoms with van der Waals surface area (Å²) in [6.07, 6.45) is 4.49. The van der Waals surface area contributed by atoms with Gasteiger partial charge in [-0.3, -0.25) is 14.5 Å². The number of carbonyl (C=O) groups excluding carboxylic acids is 3. The van der Waals surface area contributed by atoms with Crippen LogP contribution in [-0.2, 0) is 11.2 Å². The Balaban J connectivity index is 1.76. The number of carbonyl (C=O) groups is 3. The Morgan fingerprint density at radius 1 is 1.25 bits per heavy atom. The van der Waals surface area contributed by atoms with Crippen molar-refractivity contribution in [1.82, 2.24) is 10.2 Å². The van der Waals surface area contributed by atoms with E-state index in [1.807, 2.05) is 19.1 Å². The van der Waals surface area contributed by atoms with Crippen molar-refractivity contribution in [3.63, 3.8) is 0 Å². The standard InChI is InChI=1S/C19H24N2O3/c1-3-14-7-9-15(10-8-14)16(22)12-21-17(23)19(20-18(21)24)11-5-4-6-13(19)2/h7-10,13H,3-6,11-12H2,1-2H3,(H,20,24)/t13-,19-/m1/s1. The number of rotatable bonds is 4. The fourth-order valence-electron chi connectivity index (χ4n) is 3.80. The van der Waals surface area contributed by atoms with E-state index in [1.54, 1.807) is 12.1 Å². The number of hydrogen-bond acceptors (Lipinski definition) is 3. The lowest BCUT2D eigenvalue weighted by Crippen LogP contribution is -2.54. The van der Waals surface area contributed by atoms with Crippen molar-refractivity contribution >= 4 is 17.7 Å². The molecule has 2 fully saturated rings. The van der Waals surface area contributed by atoms with Crippen LogP contribution >= 0.6 is 0 Å². The van der Waals surface area contributed by atoms with Gasteiger partial charge in [0.15, 0.2) is 5.78 Å². The van der Waals surface area contributed by atoms with E-state index < -0.39 is 11.6 Å². The van der Waals surface area contributed by atoms with Crippen LogP contribution in [0.25, 0.3) is 0 Å². The fraction of sp³-hybridized carbons (Fsp3) is 0.526. The number of Topliss-reactive ketones (excluding diaryl/α,β-unsaturated/α-hetero) is 1. The highest BCUT2D eigenvalue weighted by Crippen LogP contribution is 2.38. The quantitative estimate of drug-likeness (QED) is 0.682. The van der Waals surface area contributed by atoms with Crippen LogP contribution in [0.15, 0.2) is 24.3 Å². The number of urea groups is 1. The second-order valence-corrected chi connectivity index (χ2v) is 6.91. The van der Waals surface area contributed by atoms with E-state index >= 15 is 0 Å². The SMILES string of the molecule is CCc1ccc(C(=O)CN2C(=O)N[C@@]3(CCCC[C@H]3C)C2=O)cc1. The fourth-order valence-corrected chi connectivity index (χ4v) is 3.80. The van der Waals surface area contributed by atoms with Crippen LogP contribution in [-0.4, -0.2) is 34.7 Å². The lowest BCUT2D eigenvalue weighted by Gasteiger charge is -2.36. The van der Waals surface area contributed by atoms with Gasteiger partial charge in [0.2, 0.25) is 0 Å². The summed E-state index contributed by atoms with van der Waals surface area (Å²) in [5.74, 6) is -0.341. The van der Waals surface area contributed by atoms with Gasteiger partial charge in [-0.05, 0) is 30.7 Å². The van der Waals surface area contributed by atoms with Gasteiger partial charge in [0, 0.05) is 5.56 Å². The molecule has 1 spiro atoms. The number of nitrogens with zero attached hydrogens (tertiary/aromatic N) is 1. The number of hydrogen-bond donors (Lipinski definition) is 1. The van der Waals surface area contributed by atoms with Crippen LogP contribution in [0.2, 0.25) is 0 Å². The van der Waals surface area contributed by atoms with Crippen molar-refractivity contribution in [2.75, 3.05) is 6.54 Å². The highest BCUT2D eigenvalue weighted by atomic mass is 16.2. The Morgan fingerprint density at radius 2 is 1.96 bits per heavy atom. The molecule has 24 heavy (non-hydrogen) atoms. The Morgan fingerprint density at radius 3 is 2.58 bits per heavy atom. The summed E-state index contributed by atoms with van der Waals surface area (Å²) >= 11 is 0. The molecule has 3 amide bonds. The summed E-state index contributed by atoms with van der Waals surface area (Å²) in [6.45, 7) is 3.87. The first-order chi connectivity index (χ1) is 11.5. The van der Waals surface area contributed by atoms with E-state index in [2.05, 4.69) is 12.2 Å². The molecule has 1 N–H and O–H groups in total. The van der Waals surface area contributed by atoms with Gasteiger partial charge < -0.3 is 5.32 Å². The first-order valence-corrected chi connectivity index (χ1v) is 8.74. The first-order valence-electron chi connectivity index (χ1n) is 8.74. The predicted octanol–water partition coefficient (Wildman–Crippen LogP) is 2.93. The molecular formula is C19H24N2O3. The van der Waals surface area contributed by atoms with E-state index in [1.165, 1.54) is 0 Å². The maximum Gasteiger partial charge on any atom is 0.325 e. The second-order valence-electron chi connectivity index (χ2n) is 6.91. The summed E-state index contributed by atoms with van der Waals surface area (Å²) in [5.41, 5.74) is 0.878. The van der Waals surface area contributed by atoms with Gasteiger partial charge in [-0.15, -0.1) is 0 Å². The molecule has 0 radical (unpaired) electrons. The molecule has 3 rings (SSSR count). The molecule has 1 heterocycles. The maximum atomic E-state index is 12.9. The summed E-state index contributed by atoms with van der Waals surface area (Å²) < 4.78 is 0. The predicted molar refractivity (Wildman–Crippen MR) is 90.8 cm³/mol. The minimum Gasteiger partial charge on any atom is -0.323 e. The average molecular weight is 328 g/mol. The van der Waals surface area contributed by atoms with Gasteiger partial charge in [-0.25, -0.2) is 4.79 Å². The number of ketones is 1. The molecule has 2 atom stereocenters. The number of benzene rings is 1. The van der Waals surface area contributed by atoms with E-state index in [0.717, 1.165) is 36.1 Å². The number of nitrogens with one attached hydrogen (secondary N) is 1. The first kappa shape index (κ1) is 16.7. The third-order valence-corrected chi connectivity index (χ3v) is 5.49. The van der Waals surface area contributed by atoms with E-state index in [0.29, 0.717) is 12.0 Å². The number of imide groups is 1. The molecular weight excluding hydrogens is 304 g/mol. The average Bonchev–Trinajstić information content (AvgIpc) is 2.82. The monoisotopic (exact) mass is 328 g/mol. The second kappa shape index (κ2) is 6.38. The largest absolute Gasteiger partial charge is 0.325 e. The third kappa shape index (κ3) is 2.72. The molecule has 1 aliphatic carbocycles. The van der Waals surface area contributed by atoms with Crippen molar-refractivity contribution < 1.29 is 14.4 Å². The van der Waals surface area contributed by atoms with Crippen molar-refractivity contribution in [3.05, 3.63) is 35.4 Å². The number of amides is 3. The molecule has 1 aliphatic heterocycles. The zero-order valence-electron chi connectivity index (χ0n) is 14.3.